The van der Waals surface area contributed by atoms with E-state index in [9.17, 15) is 14.4 Å². The Morgan fingerprint density at radius 1 is 0.878 bits per heavy atom. The number of fused-ring (bicyclic) bond motifs is 3. The summed E-state index contributed by atoms with van der Waals surface area (Å²) in [6.45, 7) is 12.7. The molecule has 0 bridgehead atoms. The third-order valence-electron chi connectivity index (χ3n) is 10.1. The van der Waals surface area contributed by atoms with Crippen LogP contribution in [0.25, 0.3) is 16.4 Å². The summed E-state index contributed by atoms with van der Waals surface area (Å²) in [6.07, 6.45) is 4.01. The molecular formula is C40H46N6O3. The van der Waals surface area contributed by atoms with Gasteiger partial charge in [0.1, 0.15) is 11.2 Å². The number of nitrogens with one attached hydrogen (secondary N) is 2. The van der Waals surface area contributed by atoms with Crippen molar-refractivity contribution in [3.63, 3.8) is 0 Å². The molecular weight excluding hydrogens is 612 g/mol. The van der Waals surface area contributed by atoms with Crippen molar-refractivity contribution in [1.82, 2.24) is 24.5 Å². The first kappa shape index (κ1) is 34.0. The number of anilines is 1. The third kappa shape index (κ3) is 7.43. The van der Waals surface area contributed by atoms with Gasteiger partial charge in [0.05, 0.1) is 6.04 Å². The standard InChI is InChI=1S/C40H46N6O3/c1-5-27(2)29(4)38(47)43-32-16-17-33-28(3)26-46-37(34(33)24-32)42-25-35(40(46)49)39(48)41-18-19-44-20-22-45(23-21-44)36(30-12-8-6-9-13-30)31-14-10-7-11-15-31/h6-17,24-27,29,36H,5,18-23H2,1-4H3,(H,41,48)(H,43,47). The monoisotopic (exact) mass is 658 g/mol. The fourth-order valence-corrected chi connectivity index (χ4v) is 6.78. The van der Waals surface area contributed by atoms with Gasteiger partial charge in [0.2, 0.25) is 5.91 Å². The summed E-state index contributed by atoms with van der Waals surface area (Å²) in [4.78, 5) is 49.1. The molecule has 2 amide bonds. The molecule has 254 valence electrons. The summed E-state index contributed by atoms with van der Waals surface area (Å²) in [5.74, 6) is -0.346. The van der Waals surface area contributed by atoms with Crippen LogP contribution in [-0.4, -0.2) is 70.3 Å². The summed E-state index contributed by atoms with van der Waals surface area (Å²) in [5, 5.41) is 7.64. The predicted octanol–water partition coefficient (Wildman–Crippen LogP) is 5.91. The molecule has 2 unspecified atom stereocenters. The number of aryl methyl sites for hydroxylation is 1. The Balaban J connectivity index is 1.10. The normalized spacial score (nSPS) is 15.4. The third-order valence-corrected chi connectivity index (χ3v) is 10.1. The number of carbonyl (C=O) groups is 2. The summed E-state index contributed by atoms with van der Waals surface area (Å²) in [5.41, 5.74) is 4.10. The number of rotatable bonds is 11. The Labute approximate surface area is 288 Å². The zero-order valence-electron chi connectivity index (χ0n) is 28.9. The van der Waals surface area contributed by atoms with Gasteiger partial charge in [-0.25, -0.2) is 4.98 Å². The van der Waals surface area contributed by atoms with Crippen LogP contribution in [0.15, 0.2) is 96.1 Å². The number of benzene rings is 3. The van der Waals surface area contributed by atoms with Crippen LogP contribution in [0.1, 0.15) is 60.3 Å². The Kier molecular flexibility index (Phi) is 10.5. The van der Waals surface area contributed by atoms with Crippen LogP contribution in [0.2, 0.25) is 0 Å². The van der Waals surface area contributed by atoms with E-state index in [1.807, 2.05) is 32.0 Å². The van der Waals surface area contributed by atoms with Crippen molar-refractivity contribution in [3.05, 3.63) is 124 Å². The highest BCUT2D eigenvalue weighted by Crippen LogP contribution is 2.30. The number of carbonyl (C=O) groups excluding carboxylic acids is 2. The van der Waals surface area contributed by atoms with E-state index in [-0.39, 0.29) is 29.3 Å². The van der Waals surface area contributed by atoms with Gasteiger partial charge in [-0.3, -0.25) is 28.6 Å². The number of pyridine rings is 1. The minimum Gasteiger partial charge on any atom is -0.351 e. The van der Waals surface area contributed by atoms with Crippen LogP contribution in [0.4, 0.5) is 5.69 Å². The molecule has 3 heterocycles. The Morgan fingerprint density at radius 3 is 2.16 bits per heavy atom. The van der Waals surface area contributed by atoms with Gasteiger partial charge >= 0.3 is 0 Å². The van der Waals surface area contributed by atoms with Gasteiger partial charge in [-0.15, -0.1) is 0 Å². The molecule has 0 saturated carbocycles. The molecule has 3 aromatic carbocycles. The van der Waals surface area contributed by atoms with E-state index < -0.39 is 11.5 Å². The largest absolute Gasteiger partial charge is 0.351 e. The molecule has 2 N–H and O–H groups in total. The number of aromatic nitrogens is 2. The van der Waals surface area contributed by atoms with E-state index in [1.54, 1.807) is 6.20 Å². The zero-order chi connectivity index (χ0) is 34.5. The van der Waals surface area contributed by atoms with Crippen molar-refractivity contribution < 1.29 is 9.59 Å². The van der Waals surface area contributed by atoms with E-state index in [1.165, 1.54) is 21.7 Å². The van der Waals surface area contributed by atoms with Gasteiger partial charge in [0.15, 0.2) is 0 Å². The van der Waals surface area contributed by atoms with Crippen LogP contribution < -0.4 is 16.2 Å². The number of nitrogens with zero attached hydrogens (tertiary/aromatic N) is 4. The van der Waals surface area contributed by atoms with Crippen molar-refractivity contribution in [3.8, 4) is 0 Å². The highest BCUT2D eigenvalue weighted by Gasteiger charge is 2.26. The average Bonchev–Trinajstić information content (AvgIpc) is 3.13. The van der Waals surface area contributed by atoms with E-state index in [0.717, 1.165) is 48.9 Å². The van der Waals surface area contributed by atoms with Gasteiger partial charge in [0.25, 0.3) is 11.5 Å². The second-order valence-electron chi connectivity index (χ2n) is 13.3. The summed E-state index contributed by atoms with van der Waals surface area (Å²) < 4.78 is 1.44. The maximum absolute atomic E-state index is 13.6. The maximum atomic E-state index is 13.6. The topological polar surface area (TPSA) is 99.0 Å². The first-order valence-electron chi connectivity index (χ1n) is 17.3. The van der Waals surface area contributed by atoms with Gasteiger partial charge in [-0.2, -0.15) is 0 Å². The number of hydrogen-bond donors (Lipinski definition) is 2. The zero-order valence-corrected chi connectivity index (χ0v) is 28.9. The lowest BCUT2D eigenvalue weighted by atomic mass is 9.93. The van der Waals surface area contributed by atoms with E-state index in [2.05, 4.69) is 99.9 Å². The molecule has 1 fully saturated rings. The molecule has 0 aliphatic carbocycles. The Bertz CT molecular complexity index is 1950. The van der Waals surface area contributed by atoms with Gasteiger partial charge < -0.3 is 10.6 Å². The molecule has 1 aliphatic heterocycles. The average molecular weight is 659 g/mol. The molecule has 2 atom stereocenters. The lowest BCUT2D eigenvalue weighted by Gasteiger charge is -2.39. The lowest BCUT2D eigenvalue weighted by molar-refractivity contribution is -0.120. The Hall–Kier alpha value is -4.86. The number of hydrogen-bond acceptors (Lipinski definition) is 6. The predicted molar refractivity (Wildman–Crippen MR) is 196 cm³/mol. The minimum absolute atomic E-state index is 0.00136. The highest BCUT2D eigenvalue weighted by atomic mass is 16.2. The molecule has 1 saturated heterocycles. The summed E-state index contributed by atoms with van der Waals surface area (Å²) >= 11 is 0. The van der Waals surface area contributed by atoms with Crippen LogP contribution >= 0.6 is 0 Å². The van der Waals surface area contributed by atoms with Crippen molar-refractivity contribution in [2.45, 2.75) is 40.2 Å². The molecule has 1 aliphatic rings. The lowest BCUT2D eigenvalue weighted by Crippen LogP contribution is -2.49. The molecule has 9 nitrogen and oxygen atoms in total. The van der Waals surface area contributed by atoms with Crippen molar-refractivity contribution in [1.29, 1.82) is 0 Å². The van der Waals surface area contributed by atoms with E-state index in [0.29, 0.717) is 24.4 Å². The summed E-state index contributed by atoms with van der Waals surface area (Å²) in [6, 6.07) is 27.1. The maximum Gasteiger partial charge on any atom is 0.270 e. The van der Waals surface area contributed by atoms with Crippen LogP contribution in [0.5, 0.6) is 0 Å². The van der Waals surface area contributed by atoms with E-state index in [4.69, 9.17) is 0 Å². The minimum atomic E-state index is -0.434. The van der Waals surface area contributed by atoms with Crippen molar-refractivity contribution in [2.75, 3.05) is 44.6 Å². The molecule has 0 spiro atoms. The molecule has 6 rings (SSSR count). The smallest absolute Gasteiger partial charge is 0.270 e. The fourth-order valence-electron chi connectivity index (χ4n) is 6.78. The Morgan fingerprint density at radius 2 is 1.53 bits per heavy atom. The fraction of sp³-hybridized carbons (Fsp3) is 0.350. The second-order valence-corrected chi connectivity index (χ2v) is 13.3. The van der Waals surface area contributed by atoms with Crippen molar-refractivity contribution >= 4 is 33.9 Å². The quantitative estimate of drug-likeness (QED) is 0.171. The SMILES string of the molecule is CCC(C)C(C)C(=O)Nc1ccc2c(C)cn3c(=O)c(C(=O)NCCN4CCN(C(c5ccccc5)c5ccccc5)CC4)cnc3c2c1. The van der Waals surface area contributed by atoms with E-state index >= 15 is 0 Å². The molecule has 49 heavy (non-hydrogen) atoms. The first-order chi connectivity index (χ1) is 23.7. The molecule has 2 aromatic heterocycles. The van der Waals surface area contributed by atoms with Gasteiger partial charge in [0, 0.05) is 68.7 Å². The second kappa shape index (κ2) is 15.1. The first-order valence-corrected chi connectivity index (χ1v) is 17.3. The highest BCUT2D eigenvalue weighted by molar-refractivity contribution is 6.01. The molecule has 9 heteroatoms. The van der Waals surface area contributed by atoms with Crippen LogP contribution in [0, 0.1) is 18.8 Å². The van der Waals surface area contributed by atoms with Gasteiger partial charge in [-0.05, 0) is 47.1 Å². The number of piperazine rings is 1. The summed E-state index contributed by atoms with van der Waals surface area (Å²) in [7, 11) is 0. The molecule has 0 radical (unpaired) electrons. The van der Waals surface area contributed by atoms with Crippen LogP contribution in [0.3, 0.4) is 0 Å². The van der Waals surface area contributed by atoms with Crippen molar-refractivity contribution in [2.24, 2.45) is 11.8 Å². The number of amides is 2. The molecule has 5 aromatic rings. The van der Waals surface area contributed by atoms with Crippen LogP contribution in [-0.2, 0) is 4.79 Å². The van der Waals surface area contributed by atoms with Gasteiger partial charge in [-0.1, -0.05) is 93.9 Å².